The van der Waals surface area contributed by atoms with Gasteiger partial charge < -0.3 is 5.11 Å². The highest BCUT2D eigenvalue weighted by Gasteiger charge is 2.26. The molecule has 0 fully saturated rings. The Kier molecular flexibility index (Phi) is 3.56. The third kappa shape index (κ3) is 2.15. The Morgan fingerprint density at radius 3 is 2.85 bits per heavy atom. The predicted octanol–water partition coefficient (Wildman–Crippen LogP) is 3.87. The van der Waals surface area contributed by atoms with Crippen LogP contribution in [0.25, 0.3) is 5.69 Å². The van der Waals surface area contributed by atoms with Crippen molar-refractivity contribution in [1.29, 1.82) is 0 Å². The van der Waals surface area contributed by atoms with Gasteiger partial charge in [0, 0.05) is 11.3 Å². The molecule has 0 aliphatic heterocycles. The molecule has 1 aromatic carbocycles. The molecular formula is C14H12BrClN2O2. The van der Waals surface area contributed by atoms with E-state index in [9.17, 15) is 9.90 Å². The van der Waals surface area contributed by atoms with Gasteiger partial charge in [-0.25, -0.2) is 9.48 Å². The van der Waals surface area contributed by atoms with Gasteiger partial charge in [0.2, 0.25) is 0 Å². The van der Waals surface area contributed by atoms with Crippen LogP contribution in [0.5, 0.6) is 0 Å². The molecule has 4 nitrogen and oxygen atoms in total. The number of hydrogen-bond donors (Lipinski definition) is 1. The second-order valence-electron chi connectivity index (χ2n) is 4.77. The Bertz CT molecular complexity index is 697. The van der Waals surface area contributed by atoms with Gasteiger partial charge in [0.15, 0.2) is 5.69 Å². The lowest BCUT2D eigenvalue weighted by Crippen LogP contribution is -2.08. The average molecular weight is 356 g/mol. The molecule has 1 aliphatic rings. The van der Waals surface area contributed by atoms with Crippen LogP contribution in [0.15, 0.2) is 22.7 Å². The quantitative estimate of drug-likeness (QED) is 0.890. The van der Waals surface area contributed by atoms with E-state index >= 15 is 0 Å². The highest BCUT2D eigenvalue weighted by atomic mass is 79.9. The maximum absolute atomic E-state index is 11.4. The fourth-order valence-corrected chi connectivity index (χ4v) is 3.23. The van der Waals surface area contributed by atoms with Crippen LogP contribution in [0.3, 0.4) is 0 Å². The van der Waals surface area contributed by atoms with Gasteiger partial charge >= 0.3 is 5.97 Å². The summed E-state index contributed by atoms with van der Waals surface area (Å²) in [6, 6.07) is 5.49. The van der Waals surface area contributed by atoms with Gasteiger partial charge in [0.25, 0.3) is 0 Å². The first-order valence-electron chi connectivity index (χ1n) is 6.38. The van der Waals surface area contributed by atoms with E-state index in [0.717, 1.165) is 47.1 Å². The summed E-state index contributed by atoms with van der Waals surface area (Å²) in [7, 11) is 0. The van der Waals surface area contributed by atoms with Crippen LogP contribution in [-0.2, 0) is 12.8 Å². The van der Waals surface area contributed by atoms with Crippen LogP contribution >= 0.6 is 27.5 Å². The molecule has 20 heavy (non-hydrogen) atoms. The number of benzene rings is 1. The Balaban J connectivity index is 2.24. The number of carboxylic acid groups (broad SMARTS) is 1. The molecule has 0 saturated heterocycles. The van der Waals surface area contributed by atoms with Crippen molar-refractivity contribution in [2.24, 2.45) is 0 Å². The number of carbonyl (C=O) groups is 1. The van der Waals surface area contributed by atoms with Crippen LogP contribution in [-0.4, -0.2) is 20.9 Å². The molecule has 104 valence electrons. The average Bonchev–Trinajstić information content (AvgIpc) is 2.82. The van der Waals surface area contributed by atoms with Crippen molar-refractivity contribution < 1.29 is 9.90 Å². The molecule has 1 aromatic heterocycles. The molecule has 0 atom stereocenters. The summed E-state index contributed by atoms with van der Waals surface area (Å²) in [5, 5.41) is 14.2. The Labute approximate surface area is 129 Å². The van der Waals surface area contributed by atoms with Gasteiger partial charge in [0.1, 0.15) is 0 Å². The van der Waals surface area contributed by atoms with E-state index in [1.54, 1.807) is 10.7 Å². The predicted molar refractivity (Wildman–Crippen MR) is 79.9 cm³/mol. The van der Waals surface area contributed by atoms with Gasteiger partial charge in [-0.05, 0) is 53.7 Å². The number of carboxylic acids is 1. The molecule has 1 aliphatic carbocycles. The van der Waals surface area contributed by atoms with Crippen LogP contribution in [0.1, 0.15) is 34.6 Å². The normalized spacial score (nSPS) is 14.1. The molecule has 0 radical (unpaired) electrons. The number of rotatable bonds is 2. The summed E-state index contributed by atoms with van der Waals surface area (Å²) >= 11 is 9.56. The Morgan fingerprint density at radius 2 is 2.10 bits per heavy atom. The van der Waals surface area contributed by atoms with Crippen molar-refractivity contribution in [3.8, 4) is 5.69 Å². The topological polar surface area (TPSA) is 55.1 Å². The number of nitrogens with zero attached hydrogens (tertiary/aromatic N) is 2. The minimum atomic E-state index is -0.972. The minimum absolute atomic E-state index is 0.159. The summed E-state index contributed by atoms with van der Waals surface area (Å²) in [5.74, 6) is -0.972. The largest absolute Gasteiger partial charge is 0.476 e. The molecule has 0 spiro atoms. The number of halogens is 2. The van der Waals surface area contributed by atoms with Crippen LogP contribution < -0.4 is 0 Å². The molecule has 1 N–H and O–H groups in total. The Hall–Kier alpha value is -1.33. The second kappa shape index (κ2) is 5.22. The van der Waals surface area contributed by atoms with E-state index in [4.69, 9.17) is 11.6 Å². The van der Waals surface area contributed by atoms with Gasteiger partial charge in [0.05, 0.1) is 15.2 Å². The van der Waals surface area contributed by atoms with E-state index in [-0.39, 0.29) is 5.69 Å². The summed E-state index contributed by atoms with van der Waals surface area (Å²) in [5.41, 5.74) is 2.78. The van der Waals surface area contributed by atoms with Gasteiger partial charge in [-0.1, -0.05) is 17.7 Å². The molecule has 0 amide bonds. The number of hydrogen-bond acceptors (Lipinski definition) is 2. The van der Waals surface area contributed by atoms with Gasteiger partial charge in [-0.3, -0.25) is 0 Å². The molecule has 0 unspecified atom stereocenters. The van der Waals surface area contributed by atoms with Crippen molar-refractivity contribution >= 4 is 33.5 Å². The first-order chi connectivity index (χ1) is 9.59. The fraction of sp³-hybridized carbons (Fsp3) is 0.286. The first-order valence-corrected chi connectivity index (χ1v) is 7.55. The van der Waals surface area contributed by atoms with Crippen LogP contribution in [0.2, 0.25) is 5.02 Å². The van der Waals surface area contributed by atoms with Crippen molar-refractivity contribution in [2.75, 3.05) is 0 Å². The van der Waals surface area contributed by atoms with Crippen LogP contribution in [0, 0.1) is 0 Å². The Morgan fingerprint density at radius 1 is 1.35 bits per heavy atom. The molecule has 3 rings (SSSR count). The van der Waals surface area contributed by atoms with E-state index in [1.807, 2.05) is 12.1 Å². The molecule has 2 aromatic rings. The van der Waals surface area contributed by atoms with E-state index in [0.29, 0.717) is 5.02 Å². The lowest BCUT2D eigenvalue weighted by molar-refractivity contribution is 0.0688. The van der Waals surface area contributed by atoms with Gasteiger partial charge in [-0.2, -0.15) is 5.10 Å². The molecule has 6 heteroatoms. The smallest absolute Gasteiger partial charge is 0.356 e. The van der Waals surface area contributed by atoms with Crippen molar-refractivity contribution in [3.05, 3.63) is 44.6 Å². The minimum Gasteiger partial charge on any atom is -0.476 e. The van der Waals surface area contributed by atoms with Crippen molar-refractivity contribution in [2.45, 2.75) is 25.7 Å². The van der Waals surface area contributed by atoms with E-state index in [2.05, 4.69) is 21.0 Å². The molecule has 1 heterocycles. The van der Waals surface area contributed by atoms with E-state index < -0.39 is 5.97 Å². The van der Waals surface area contributed by atoms with E-state index in [1.165, 1.54) is 0 Å². The zero-order valence-corrected chi connectivity index (χ0v) is 12.9. The monoisotopic (exact) mass is 354 g/mol. The number of aromatic carboxylic acids is 1. The SMILES string of the molecule is O=C(O)c1nn(-c2cccc(Cl)c2Br)c2c1CCCC2. The lowest BCUT2D eigenvalue weighted by atomic mass is 9.95. The highest BCUT2D eigenvalue weighted by molar-refractivity contribution is 9.10. The summed E-state index contributed by atoms with van der Waals surface area (Å²) in [6.45, 7) is 0. The molecule has 0 saturated carbocycles. The maximum atomic E-state index is 11.4. The summed E-state index contributed by atoms with van der Waals surface area (Å²) in [4.78, 5) is 11.4. The first kappa shape index (κ1) is 13.6. The number of fused-ring (bicyclic) bond motifs is 1. The van der Waals surface area contributed by atoms with Gasteiger partial charge in [-0.15, -0.1) is 0 Å². The highest BCUT2D eigenvalue weighted by Crippen LogP contribution is 2.33. The standard InChI is InChI=1S/C14H12BrClN2O2/c15-12-9(16)5-3-7-11(12)18-10-6-2-1-4-8(10)13(17-18)14(19)20/h3,5,7H,1-2,4,6H2,(H,19,20). The number of aromatic nitrogens is 2. The van der Waals surface area contributed by atoms with Crippen LogP contribution in [0.4, 0.5) is 0 Å². The lowest BCUT2D eigenvalue weighted by Gasteiger charge is -2.15. The summed E-state index contributed by atoms with van der Waals surface area (Å²) in [6.07, 6.45) is 3.68. The molecular weight excluding hydrogens is 344 g/mol. The third-order valence-corrected chi connectivity index (χ3v) is 4.92. The maximum Gasteiger partial charge on any atom is 0.356 e. The van der Waals surface area contributed by atoms with Crippen molar-refractivity contribution in [1.82, 2.24) is 9.78 Å². The second-order valence-corrected chi connectivity index (χ2v) is 5.97. The fourth-order valence-electron chi connectivity index (χ4n) is 2.63. The van der Waals surface area contributed by atoms with Crippen molar-refractivity contribution in [3.63, 3.8) is 0 Å². The zero-order chi connectivity index (χ0) is 14.3. The third-order valence-electron chi connectivity index (χ3n) is 3.54. The zero-order valence-electron chi connectivity index (χ0n) is 10.6. The molecule has 0 bridgehead atoms. The summed E-state index contributed by atoms with van der Waals surface area (Å²) < 4.78 is 2.45.